The molecule has 0 spiro atoms. The zero-order valence-corrected chi connectivity index (χ0v) is 10.9. The molecule has 104 valence electrons. The van der Waals surface area contributed by atoms with Crippen LogP contribution in [0.5, 0.6) is 0 Å². The van der Waals surface area contributed by atoms with Crippen LogP contribution in [0.25, 0.3) is 0 Å². The third-order valence-corrected chi connectivity index (χ3v) is 7.73. The maximum atomic E-state index is 11.9. The fourth-order valence-corrected chi connectivity index (χ4v) is 7.73. The van der Waals surface area contributed by atoms with Crippen molar-refractivity contribution >= 4 is 17.9 Å². The number of hydrogen-bond acceptors (Lipinski definition) is 5. The van der Waals surface area contributed by atoms with Crippen molar-refractivity contribution in [3.63, 3.8) is 0 Å². The molecule has 7 rings (SSSR count). The van der Waals surface area contributed by atoms with Gasteiger partial charge >= 0.3 is 17.9 Å². The van der Waals surface area contributed by atoms with Crippen LogP contribution >= 0.6 is 0 Å². The van der Waals surface area contributed by atoms with Gasteiger partial charge in [0.1, 0.15) is 0 Å². The van der Waals surface area contributed by atoms with E-state index in [1.807, 2.05) is 0 Å². The number of cyclic esters (lactones) is 2. The van der Waals surface area contributed by atoms with Crippen LogP contribution < -0.4 is 0 Å². The Morgan fingerprint density at radius 3 is 2.20 bits per heavy atom. The van der Waals surface area contributed by atoms with Crippen molar-refractivity contribution in [2.24, 2.45) is 58.7 Å². The molecular weight excluding hydrogens is 260 g/mol. The number of carbonyl (C=O) groups excluding carboxylic acids is 3. The number of ether oxygens (including phenoxy) is 2. The van der Waals surface area contributed by atoms with E-state index in [2.05, 4.69) is 0 Å². The van der Waals surface area contributed by atoms with Gasteiger partial charge in [0.05, 0.1) is 18.4 Å². The number of hydrogen-bond donors (Lipinski definition) is 0. The Morgan fingerprint density at radius 1 is 1.05 bits per heavy atom. The zero-order valence-electron chi connectivity index (χ0n) is 10.9. The first-order valence-corrected chi connectivity index (χ1v) is 7.48. The van der Waals surface area contributed by atoms with Gasteiger partial charge in [-0.3, -0.25) is 14.4 Å². The van der Waals surface area contributed by atoms with Crippen molar-refractivity contribution in [1.29, 1.82) is 0 Å². The molecule has 0 N–H and O–H groups in total. The molecule has 2 bridgehead atoms. The molecule has 0 aromatic heterocycles. The first-order chi connectivity index (χ1) is 9.59. The second-order valence-corrected chi connectivity index (χ2v) is 7.57. The Balaban J connectivity index is 1.38. The minimum atomic E-state index is -0.289. The fourth-order valence-electron chi connectivity index (χ4n) is 7.73. The monoisotopic (exact) mass is 274 g/mol. The van der Waals surface area contributed by atoms with Gasteiger partial charge in [-0.05, 0) is 41.4 Å². The van der Waals surface area contributed by atoms with Crippen molar-refractivity contribution in [3.8, 4) is 0 Å². The molecule has 6 aliphatic carbocycles. The lowest BCUT2D eigenvalue weighted by atomic mass is 9.04. The molecule has 1 heterocycles. The quantitative estimate of drug-likeness (QED) is 0.532. The smallest absolute Gasteiger partial charge is 0.317 e. The van der Waals surface area contributed by atoms with Crippen LogP contribution in [0.3, 0.4) is 0 Å². The highest BCUT2D eigenvalue weighted by Crippen LogP contribution is 2.98. The Kier molecular flexibility index (Phi) is 1.32. The lowest BCUT2D eigenvalue weighted by Crippen LogP contribution is -2.98. The predicted molar refractivity (Wildman–Crippen MR) is 61.6 cm³/mol. The third-order valence-electron chi connectivity index (χ3n) is 7.73. The highest BCUT2D eigenvalue weighted by Gasteiger charge is 2.99. The molecule has 0 aromatic carbocycles. The maximum absolute atomic E-state index is 11.9. The van der Waals surface area contributed by atoms with E-state index in [1.54, 1.807) is 0 Å². The van der Waals surface area contributed by atoms with Crippen LogP contribution in [0.15, 0.2) is 0 Å². The minimum Gasteiger partial charge on any atom is -0.465 e. The first-order valence-electron chi connectivity index (χ1n) is 7.48. The molecule has 5 heteroatoms. The summed E-state index contributed by atoms with van der Waals surface area (Å²) in [5, 5.41) is 0. The normalized spacial score (nSPS) is 65.0. The van der Waals surface area contributed by atoms with E-state index < -0.39 is 0 Å². The van der Waals surface area contributed by atoms with E-state index in [4.69, 9.17) is 9.47 Å². The summed E-state index contributed by atoms with van der Waals surface area (Å²) in [4.78, 5) is 34.9. The first kappa shape index (κ1) is 10.4. The van der Waals surface area contributed by atoms with Gasteiger partial charge in [0.15, 0.2) is 0 Å². The molecule has 1 aliphatic heterocycles. The molecule has 5 nitrogen and oxygen atoms in total. The molecular formula is C15H14O5. The van der Waals surface area contributed by atoms with Crippen LogP contribution in [-0.4, -0.2) is 24.5 Å². The van der Waals surface area contributed by atoms with Crippen molar-refractivity contribution in [2.75, 3.05) is 6.61 Å². The molecule has 7 fully saturated rings. The van der Waals surface area contributed by atoms with E-state index in [-0.39, 0.29) is 35.2 Å². The van der Waals surface area contributed by atoms with Gasteiger partial charge in [-0.25, -0.2) is 0 Å². The van der Waals surface area contributed by atoms with E-state index in [1.165, 1.54) is 6.92 Å². The highest BCUT2D eigenvalue weighted by molar-refractivity contribution is 5.98. The van der Waals surface area contributed by atoms with E-state index >= 15 is 0 Å². The van der Waals surface area contributed by atoms with Gasteiger partial charge < -0.3 is 9.47 Å². The van der Waals surface area contributed by atoms with Gasteiger partial charge in [-0.15, -0.1) is 0 Å². The number of carbonyl (C=O) groups is 3. The lowest BCUT2D eigenvalue weighted by Gasteiger charge is -2.98. The minimum absolute atomic E-state index is 0.140. The molecule has 6 saturated carbocycles. The standard InChI is InChI=1S/C15H14O5/c1-3(16)19-2-15-10-7-4-5-6(14(18)20-13(5)17)9(11(7)15)12(15)8(4)10/h4-12H,2H2,1H3/t4?,5-,6+,7-,8+,9?,10?,11+,12+,15?/m1/s1. The number of rotatable bonds is 2. The summed E-state index contributed by atoms with van der Waals surface area (Å²) < 4.78 is 10.2. The summed E-state index contributed by atoms with van der Waals surface area (Å²) in [5.74, 6) is 2.50. The Hall–Kier alpha value is -1.39. The van der Waals surface area contributed by atoms with E-state index in [0.29, 0.717) is 48.0 Å². The maximum Gasteiger partial charge on any atom is 0.317 e. The molecule has 0 radical (unpaired) electrons. The van der Waals surface area contributed by atoms with Crippen molar-refractivity contribution in [2.45, 2.75) is 6.92 Å². The zero-order chi connectivity index (χ0) is 13.5. The van der Waals surface area contributed by atoms with Gasteiger partial charge in [0.2, 0.25) is 0 Å². The Bertz CT molecular complexity index is 604. The largest absolute Gasteiger partial charge is 0.465 e. The molecule has 10 atom stereocenters. The van der Waals surface area contributed by atoms with Crippen LogP contribution in [0.4, 0.5) is 0 Å². The summed E-state index contributed by atoms with van der Waals surface area (Å²) in [6, 6.07) is 0. The SMILES string of the molecule is CC(=O)OCC12C3[C@H]4C5[C@@H]3[C@H]1C([C@H]1C(=O)OC(=O)[C@H]51)[C@H]42. The molecule has 20 heavy (non-hydrogen) atoms. The number of esters is 3. The van der Waals surface area contributed by atoms with Crippen LogP contribution in [0.1, 0.15) is 6.92 Å². The summed E-state index contributed by atoms with van der Waals surface area (Å²) in [6.07, 6.45) is 0. The van der Waals surface area contributed by atoms with Gasteiger partial charge in [-0.2, -0.15) is 0 Å². The van der Waals surface area contributed by atoms with Gasteiger partial charge in [0.25, 0.3) is 0 Å². The highest BCUT2D eigenvalue weighted by atomic mass is 16.6. The fraction of sp³-hybridized carbons (Fsp3) is 0.800. The van der Waals surface area contributed by atoms with E-state index in [9.17, 15) is 14.4 Å². The summed E-state index contributed by atoms with van der Waals surface area (Å²) in [7, 11) is 0. The molecule has 0 amide bonds. The average molecular weight is 274 g/mol. The Morgan fingerprint density at radius 2 is 1.60 bits per heavy atom. The van der Waals surface area contributed by atoms with E-state index in [0.717, 1.165) is 0 Å². The van der Waals surface area contributed by atoms with Crippen LogP contribution in [-0.2, 0) is 23.9 Å². The van der Waals surface area contributed by atoms with Gasteiger partial charge in [-0.1, -0.05) is 0 Å². The van der Waals surface area contributed by atoms with Crippen LogP contribution in [0, 0.1) is 58.7 Å². The molecule has 1 saturated heterocycles. The van der Waals surface area contributed by atoms with Crippen molar-refractivity contribution in [1.82, 2.24) is 0 Å². The van der Waals surface area contributed by atoms with Crippen molar-refractivity contribution < 1.29 is 23.9 Å². The Labute approximate surface area is 115 Å². The van der Waals surface area contributed by atoms with Gasteiger partial charge in [0, 0.05) is 12.3 Å². The lowest BCUT2D eigenvalue weighted by molar-refractivity contribution is -0.534. The summed E-state index contributed by atoms with van der Waals surface area (Å²) in [5.41, 5.74) is 0.180. The predicted octanol–water partition coefficient (Wildman–Crippen LogP) is 0.233. The van der Waals surface area contributed by atoms with Crippen LogP contribution in [0.2, 0.25) is 0 Å². The topological polar surface area (TPSA) is 69.7 Å². The summed E-state index contributed by atoms with van der Waals surface area (Å²) in [6.45, 7) is 1.98. The second-order valence-electron chi connectivity index (χ2n) is 7.57. The average Bonchev–Trinajstić information content (AvgIpc) is 2.64. The van der Waals surface area contributed by atoms with Crippen molar-refractivity contribution in [3.05, 3.63) is 0 Å². The third kappa shape index (κ3) is 0.655. The molecule has 0 aromatic rings. The molecule has 4 unspecified atom stereocenters. The molecule has 7 aliphatic rings. The summed E-state index contributed by atoms with van der Waals surface area (Å²) >= 11 is 0. The second kappa shape index (κ2) is 2.55.